The lowest BCUT2D eigenvalue weighted by molar-refractivity contribution is 0.0308. The van der Waals surface area contributed by atoms with Gasteiger partial charge in [-0.3, -0.25) is 4.79 Å². The van der Waals surface area contributed by atoms with E-state index in [4.69, 9.17) is 10.5 Å². The number of imidazole rings is 1. The number of piperidine rings is 1. The predicted octanol–water partition coefficient (Wildman–Crippen LogP) is 1.61. The Hall–Kier alpha value is -2.41. The molecule has 1 amide bonds. The lowest BCUT2D eigenvalue weighted by atomic mass is 10.0. The van der Waals surface area contributed by atoms with E-state index in [-0.39, 0.29) is 5.56 Å². The lowest BCUT2D eigenvalue weighted by Gasteiger charge is -2.32. The summed E-state index contributed by atoms with van der Waals surface area (Å²) in [4.78, 5) is 18.0. The van der Waals surface area contributed by atoms with Gasteiger partial charge in [-0.05, 0) is 31.7 Å². The number of hydrogen-bond donors (Lipinski definition) is 1. The second-order valence-electron chi connectivity index (χ2n) is 6.22. The summed E-state index contributed by atoms with van der Waals surface area (Å²) in [5, 5.41) is 0. The van der Waals surface area contributed by atoms with Crippen molar-refractivity contribution in [1.29, 1.82) is 0 Å². The number of carbonyl (C=O) groups excluding carboxylic acids is 1. The van der Waals surface area contributed by atoms with Gasteiger partial charge >= 0.3 is 0 Å². The predicted molar refractivity (Wildman–Crippen MR) is 88.6 cm³/mol. The summed E-state index contributed by atoms with van der Waals surface area (Å²) in [5.41, 5.74) is 7.21. The number of likely N-dealkylation sites (tertiary alicyclic amines) is 1. The van der Waals surface area contributed by atoms with Crippen LogP contribution in [0, 0.1) is 0 Å². The van der Waals surface area contributed by atoms with Gasteiger partial charge in [0.2, 0.25) is 0 Å². The molecule has 1 aromatic carbocycles. The number of ether oxygens (including phenoxy) is 1. The summed E-state index contributed by atoms with van der Waals surface area (Å²) in [7, 11) is 3.74. The molecule has 1 aliphatic heterocycles. The third-order valence-electron chi connectivity index (χ3n) is 4.21. The molecule has 1 aromatic heterocycles. The van der Waals surface area contributed by atoms with Gasteiger partial charge in [-0.1, -0.05) is 0 Å². The Bertz CT molecular complexity index is 746. The molecule has 2 N–H and O–H groups in total. The van der Waals surface area contributed by atoms with Crippen molar-refractivity contribution in [3.05, 3.63) is 36.3 Å². The van der Waals surface area contributed by atoms with Crippen LogP contribution in [0.15, 0.2) is 30.7 Å². The molecular formula is C17H21FN4O2. The number of nitrogens with zero attached hydrogens (tertiary/aromatic N) is 3. The molecule has 24 heavy (non-hydrogen) atoms. The van der Waals surface area contributed by atoms with Gasteiger partial charge in [0.15, 0.2) is 0 Å². The molecular weight excluding hydrogens is 311 g/mol. The first-order valence-electron chi connectivity index (χ1n) is 7.85. The highest BCUT2D eigenvalue weighted by atomic mass is 19.1. The molecule has 0 aliphatic carbocycles. The lowest BCUT2D eigenvalue weighted by Crippen LogP contribution is -2.45. The molecule has 128 valence electrons. The monoisotopic (exact) mass is 332 g/mol. The maximum Gasteiger partial charge on any atom is 0.252 e. The number of primary amides is 1. The molecule has 1 fully saturated rings. The van der Waals surface area contributed by atoms with Crippen LogP contribution in [-0.4, -0.2) is 52.8 Å². The zero-order valence-electron chi connectivity index (χ0n) is 13.8. The SMILES string of the molecule is CN1CC[C@H](Oc2ccc(-c3cn(C)cn3)cc2C(N)=O)[C@@H](F)C1. The van der Waals surface area contributed by atoms with Crippen molar-refractivity contribution < 1.29 is 13.9 Å². The third-order valence-corrected chi connectivity index (χ3v) is 4.21. The van der Waals surface area contributed by atoms with E-state index < -0.39 is 18.2 Å². The second-order valence-corrected chi connectivity index (χ2v) is 6.22. The number of alkyl halides is 1. The highest BCUT2D eigenvalue weighted by Gasteiger charge is 2.30. The van der Waals surface area contributed by atoms with E-state index >= 15 is 0 Å². The summed E-state index contributed by atoms with van der Waals surface area (Å²) in [5.74, 6) is -0.287. The van der Waals surface area contributed by atoms with Crippen LogP contribution < -0.4 is 10.5 Å². The number of carbonyl (C=O) groups is 1. The van der Waals surface area contributed by atoms with Crippen molar-refractivity contribution in [2.45, 2.75) is 18.7 Å². The molecule has 2 atom stereocenters. The smallest absolute Gasteiger partial charge is 0.252 e. The van der Waals surface area contributed by atoms with E-state index in [0.29, 0.717) is 18.7 Å². The van der Waals surface area contributed by atoms with E-state index in [1.807, 2.05) is 29.8 Å². The van der Waals surface area contributed by atoms with Gasteiger partial charge in [0.25, 0.3) is 5.91 Å². The molecule has 3 rings (SSSR count). The standard InChI is InChI=1S/C17H21FN4O2/c1-21-6-5-16(13(18)8-21)24-15-4-3-11(7-12(15)17(19)23)14-9-22(2)10-20-14/h3-4,7,9-10,13,16H,5-6,8H2,1-2H3,(H2,19,23)/t13-,16-/m0/s1. The van der Waals surface area contributed by atoms with Gasteiger partial charge in [-0.2, -0.15) is 0 Å². The molecule has 1 aliphatic rings. The van der Waals surface area contributed by atoms with Crippen molar-refractivity contribution in [2.75, 3.05) is 20.1 Å². The largest absolute Gasteiger partial charge is 0.486 e. The summed E-state index contributed by atoms with van der Waals surface area (Å²) in [6, 6.07) is 5.10. The quantitative estimate of drug-likeness (QED) is 0.923. The van der Waals surface area contributed by atoms with Crippen molar-refractivity contribution in [3.8, 4) is 17.0 Å². The Morgan fingerprint density at radius 2 is 2.21 bits per heavy atom. The Morgan fingerprint density at radius 3 is 2.83 bits per heavy atom. The highest BCUT2D eigenvalue weighted by Crippen LogP contribution is 2.28. The number of rotatable bonds is 4. The molecule has 6 nitrogen and oxygen atoms in total. The summed E-state index contributed by atoms with van der Waals surface area (Å²) in [6.45, 7) is 1.08. The Morgan fingerprint density at radius 1 is 1.42 bits per heavy atom. The normalized spacial score (nSPS) is 21.6. The Kier molecular flexibility index (Phi) is 4.53. The van der Waals surface area contributed by atoms with Crippen molar-refractivity contribution in [1.82, 2.24) is 14.5 Å². The van der Waals surface area contributed by atoms with Gasteiger partial charge in [0.1, 0.15) is 18.0 Å². The minimum absolute atomic E-state index is 0.240. The van der Waals surface area contributed by atoms with E-state index in [1.165, 1.54) is 0 Å². The Balaban J connectivity index is 1.86. The number of benzene rings is 1. The van der Waals surface area contributed by atoms with E-state index in [1.54, 1.807) is 24.5 Å². The van der Waals surface area contributed by atoms with Crippen LogP contribution in [0.5, 0.6) is 5.75 Å². The zero-order valence-corrected chi connectivity index (χ0v) is 13.8. The first-order valence-corrected chi connectivity index (χ1v) is 7.85. The zero-order chi connectivity index (χ0) is 17.3. The fourth-order valence-electron chi connectivity index (χ4n) is 2.88. The van der Waals surface area contributed by atoms with E-state index in [0.717, 1.165) is 17.8 Å². The number of aryl methyl sites for hydroxylation is 1. The molecule has 2 aromatic rings. The fourth-order valence-corrected chi connectivity index (χ4v) is 2.88. The van der Waals surface area contributed by atoms with Crippen molar-refractivity contribution >= 4 is 5.91 Å². The van der Waals surface area contributed by atoms with Crippen LogP contribution in [0.4, 0.5) is 4.39 Å². The first kappa shape index (κ1) is 16.4. The molecule has 0 spiro atoms. The number of nitrogens with two attached hydrogens (primary N) is 1. The molecule has 1 saturated heterocycles. The van der Waals surface area contributed by atoms with Crippen LogP contribution in [-0.2, 0) is 7.05 Å². The van der Waals surface area contributed by atoms with Gasteiger partial charge in [0, 0.05) is 31.9 Å². The number of amides is 1. The van der Waals surface area contributed by atoms with Crippen LogP contribution >= 0.6 is 0 Å². The highest BCUT2D eigenvalue weighted by molar-refractivity contribution is 5.96. The average molecular weight is 332 g/mol. The molecule has 0 saturated carbocycles. The van der Waals surface area contributed by atoms with Gasteiger partial charge in [-0.15, -0.1) is 0 Å². The van der Waals surface area contributed by atoms with E-state index in [9.17, 15) is 9.18 Å². The maximum atomic E-state index is 14.2. The minimum atomic E-state index is -1.10. The molecule has 0 radical (unpaired) electrons. The van der Waals surface area contributed by atoms with Crippen molar-refractivity contribution in [2.24, 2.45) is 12.8 Å². The number of hydrogen-bond acceptors (Lipinski definition) is 4. The van der Waals surface area contributed by atoms with Crippen LogP contribution in [0.3, 0.4) is 0 Å². The maximum absolute atomic E-state index is 14.2. The minimum Gasteiger partial charge on any atom is -0.486 e. The Labute approximate surface area is 140 Å². The molecule has 2 heterocycles. The topological polar surface area (TPSA) is 73.4 Å². The van der Waals surface area contributed by atoms with Gasteiger partial charge < -0.3 is 19.9 Å². The summed E-state index contributed by atoms with van der Waals surface area (Å²) < 4.78 is 21.8. The fraction of sp³-hybridized carbons (Fsp3) is 0.412. The van der Waals surface area contributed by atoms with Gasteiger partial charge in [-0.25, -0.2) is 9.37 Å². The van der Waals surface area contributed by atoms with Crippen LogP contribution in [0.25, 0.3) is 11.3 Å². The average Bonchev–Trinajstić information content (AvgIpc) is 2.96. The molecule has 0 unspecified atom stereocenters. The summed E-state index contributed by atoms with van der Waals surface area (Å²) >= 11 is 0. The number of halogens is 1. The molecule has 7 heteroatoms. The van der Waals surface area contributed by atoms with Crippen LogP contribution in [0.2, 0.25) is 0 Å². The summed E-state index contributed by atoms with van der Waals surface area (Å²) in [6.07, 6.45) is 2.42. The van der Waals surface area contributed by atoms with Gasteiger partial charge in [0.05, 0.1) is 17.6 Å². The molecule has 0 bridgehead atoms. The van der Waals surface area contributed by atoms with Crippen LogP contribution in [0.1, 0.15) is 16.8 Å². The third kappa shape index (κ3) is 3.41. The number of aromatic nitrogens is 2. The second kappa shape index (κ2) is 6.60. The van der Waals surface area contributed by atoms with E-state index in [2.05, 4.69) is 4.98 Å². The first-order chi connectivity index (χ1) is 11.4. The van der Waals surface area contributed by atoms with Crippen molar-refractivity contribution in [3.63, 3.8) is 0 Å².